The summed E-state index contributed by atoms with van der Waals surface area (Å²) in [7, 11) is 0. The molecule has 5 nitrogen and oxygen atoms in total. The normalized spacial score (nSPS) is 19.1. The van der Waals surface area contributed by atoms with Crippen LogP contribution < -0.4 is 10.1 Å². The van der Waals surface area contributed by atoms with Crippen LogP contribution in [-0.2, 0) is 16.2 Å². The van der Waals surface area contributed by atoms with Gasteiger partial charge >= 0.3 is 0 Å². The molecule has 2 heterocycles. The SMILES string of the molecule is O=C1NC(=O)C2=C1CCCC2c1ccc(OCc2ncccc2Cl)c(Cl)c1. The number of ether oxygens (including phenoxy) is 1. The Kier molecular flexibility index (Phi) is 4.89. The van der Waals surface area contributed by atoms with Gasteiger partial charge in [0.2, 0.25) is 0 Å². The van der Waals surface area contributed by atoms with E-state index in [2.05, 4.69) is 10.3 Å². The number of halogens is 2. The highest BCUT2D eigenvalue weighted by molar-refractivity contribution is 6.32. The Bertz CT molecular complexity index is 971. The van der Waals surface area contributed by atoms with E-state index >= 15 is 0 Å². The fraction of sp³-hybridized carbons (Fsp3) is 0.250. The summed E-state index contributed by atoms with van der Waals surface area (Å²) in [6.45, 7) is 0.203. The third kappa shape index (κ3) is 3.45. The Hall–Kier alpha value is -2.37. The Morgan fingerprint density at radius 3 is 2.78 bits per heavy atom. The molecule has 1 aromatic heterocycles. The monoisotopic (exact) mass is 402 g/mol. The van der Waals surface area contributed by atoms with Crippen molar-refractivity contribution in [2.24, 2.45) is 0 Å². The second-order valence-electron chi connectivity index (χ2n) is 6.53. The van der Waals surface area contributed by atoms with Crippen LogP contribution in [-0.4, -0.2) is 16.8 Å². The molecule has 0 fully saturated rings. The number of aromatic nitrogens is 1. The largest absolute Gasteiger partial charge is 0.486 e. The zero-order valence-corrected chi connectivity index (χ0v) is 15.8. The van der Waals surface area contributed by atoms with Crippen LogP contribution in [0.2, 0.25) is 10.0 Å². The first kappa shape index (κ1) is 18.0. The number of nitrogens with zero attached hydrogens (tertiary/aromatic N) is 1. The van der Waals surface area contributed by atoms with Crippen molar-refractivity contribution in [2.45, 2.75) is 31.8 Å². The topological polar surface area (TPSA) is 68.3 Å². The van der Waals surface area contributed by atoms with Gasteiger partial charge in [0.25, 0.3) is 11.8 Å². The number of pyridine rings is 1. The average Bonchev–Trinajstić information content (AvgIpc) is 2.96. The van der Waals surface area contributed by atoms with Gasteiger partial charge in [-0.3, -0.25) is 19.9 Å². The first-order chi connectivity index (χ1) is 13.0. The summed E-state index contributed by atoms with van der Waals surface area (Å²) < 4.78 is 5.75. The van der Waals surface area contributed by atoms with Gasteiger partial charge in [-0.2, -0.15) is 0 Å². The fourth-order valence-electron chi connectivity index (χ4n) is 3.60. The van der Waals surface area contributed by atoms with Crippen molar-refractivity contribution in [3.63, 3.8) is 0 Å². The van der Waals surface area contributed by atoms with Gasteiger partial charge in [0.05, 0.1) is 15.7 Å². The first-order valence-electron chi connectivity index (χ1n) is 8.65. The minimum Gasteiger partial charge on any atom is -0.486 e. The maximum absolute atomic E-state index is 12.2. The predicted molar refractivity (Wildman–Crippen MR) is 102 cm³/mol. The molecule has 27 heavy (non-hydrogen) atoms. The third-order valence-corrected chi connectivity index (χ3v) is 5.54. The van der Waals surface area contributed by atoms with Crippen LogP contribution in [0.5, 0.6) is 5.75 Å². The number of carbonyl (C=O) groups excluding carboxylic acids is 2. The molecule has 1 atom stereocenters. The summed E-state index contributed by atoms with van der Waals surface area (Å²) in [6, 6.07) is 8.97. The zero-order valence-electron chi connectivity index (χ0n) is 14.3. The molecule has 2 aromatic rings. The van der Waals surface area contributed by atoms with Gasteiger partial charge in [-0.1, -0.05) is 29.3 Å². The molecule has 138 valence electrons. The van der Waals surface area contributed by atoms with E-state index in [1.54, 1.807) is 30.5 Å². The predicted octanol–water partition coefficient (Wildman–Crippen LogP) is 4.19. The molecule has 1 aliphatic carbocycles. The number of hydrogen-bond acceptors (Lipinski definition) is 4. The molecule has 0 radical (unpaired) electrons. The molecule has 1 N–H and O–H groups in total. The van der Waals surface area contributed by atoms with Crippen LogP contribution in [0.15, 0.2) is 47.7 Å². The van der Waals surface area contributed by atoms with Crippen molar-refractivity contribution >= 4 is 35.0 Å². The number of rotatable bonds is 4. The number of benzene rings is 1. The second kappa shape index (κ2) is 7.33. The van der Waals surface area contributed by atoms with Crippen molar-refractivity contribution in [2.75, 3.05) is 0 Å². The summed E-state index contributed by atoms with van der Waals surface area (Å²) in [6.07, 6.45) is 3.96. The third-order valence-electron chi connectivity index (χ3n) is 4.90. The van der Waals surface area contributed by atoms with Crippen molar-refractivity contribution in [3.8, 4) is 5.75 Å². The molecule has 4 rings (SSSR count). The van der Waals surface area contributed by atoms with Gasteiger partial charge in [0, 0.05) is 23.3 Å². The molecule has 7 heteroatoms. The molecule has 1 unspecified atom stereocenters. The van der Waals surface area contributed by atoms with E-state index in [4.69, 9.17) is 27.9 Å². The number of carbonyl (C=O) groups is 2. The average molecular weight is 403 g/mol. The van der Waals surface area contributed by atoms with E-state index in [1.807, 2.05) is 6.07 Å². The molecule has 0 bridgehead atoms. The van der Waals surface area contributed by atoms with Crippen molar-refractivity contribution in [3.05, 3.63) is 69.0 Å². The van der Waals surface area contributed by atoms with Crippen LogP contribution >= 0.6 is 23.2 Å². The molecular weight excluding hydrogens is 387 g/mol. The van der Waals surface area contributed by atoms with E-state index < -0.39 is 0 Å². The molecule has 1 aromatic carbocycles. The highest BCUT2D eigenvalue weighted by Crippen LogP contribution is 2.41. The highest BCUT2D eigenvalue weighted by atomic mass is 35.5. The van der Waals surface area contributed by atoms with E-state index in [0.29, 0.717) is 39.1 Å². The Morgan fingerprint density at radius 2 is 2.00 bits per heavy atom. The molecule has 0 saturated heterocycles. The fourth-order valence-corrected chi connectivity index (χ4v) is 4.02. The van der Waals surface area contributed by atoms with Gasteiger partial charge < -0.3 is 4.74 Å². The zero-order chi connectivity index (χ0) is 19.0. The van der Waals surface area contributed by atoms with Crippen LogP contribution in [0.4, 0.5) is 0 Å². The van der Waals surface area contributed by atoms with Crippen LogP contribution in [0.3, 0.4) is 0 Å². The molecule has 0 spiro atoms. The Morgan fingerprint density at radius 1 is 1.15 bits per heavy atom. The molecule has 1 aliphatic heterocycles. The smallest absolute Gasteiger partial charge is 0.255 e. The molecular formula is C20H16Cl2N2O3. The molecule has 2 amide bonds. The van der Waals surface area contributed by atoms with E-state index in [0.717, 1.165) is 18.4 Å². The molecule has 2 aliphatic rings. The minimum absolute atomic E-state index is 0.128. The second-order valence-corrected chi connectivity index (χ2v) is 7.35. The summed E-state index contributed by atoms with van der Waals surface area (Å²) in [5, 5.41) is 3.37. The molecule has 0 saturated carbocycles. The summed E-state index contributed by atoms with van der Waals surface area (Å²) in [4.78, 5) is 28.3. The summed E-state index contributed by atoms with van der Waals surface area (Å²) >= 11 is 12.5. The van der Waals surface area contributed by atoms with Crippen LogP contribution in [0.1, 0.15) is 36.4 Å². The van der Waals surface area contributed by atoms with E-state index in [1.165, 1.54) is 0 Å². The van der Waals surface area contributed by atoms with Gasteiger partial charge in [-0.15, -0.1) is 0 Å². The van der Waals surface area contributed by atoms with E-state index in [-0.39, 0.29) is 24.3 Å². The maximum atomic E-state index is 12.2. The Labute approximate surface area is 166 Å². The van der Waals surface area contributed by atoms with Crippen LogP contribution in [0, 0.1) is 0 Å². The minimum atomic E-state index is -0.291. The lowest BCUT2D eigenvalue weighted by molar-refractivity contribution is -0.124. The van der Waals surface area contributed by atoms with Crippen molar-refractivity contribution in [1.29, 1.82) is 0 Å². The number of imide groups is 1. The van der Waals surface area contributed by atoms with Gasteiger partial charge in [-0.25, -0.2) is 0 Å². The lowest BCUT2D eigenvalue weighted by Gasteiger charge is -2.23. The number of amides is 2. The van der Waals surface area contributed by atoms with Crippen LogP contribution in [0.25, 0.3) is 0 Å². The summed E-state index contributed by atoms with van der Waals surface area (Å²) in [5.41, 5.74) is 2.72. The van der Waals surface area contributed by atoms with Gasteiger partial charge in [0.15, 0.2) is 0 Å². The van der Waals surface area contributed by atoms with Crippen molar-refractivity contribution in [1.82, 2.24) is 10.3 Å². The first-order valence-corrected chi connectivity index (χ1v) is 9.40. The van der Waals surface area contributed by atoms with Gasteiger partial charge in [0.1, 0.15) is 12.4 Å². The maximum Gasteiger partial charge on any atom is 0.255 e. The summed E-state index contributed by atoms with van der Waals surface area (Å²) in [5.74, 6) is -0.171. The lowest BCUT2D eigenvalue weighted by atomic mass is 9.79. The highest BCUT2D eigenvalue weighted by Gasteiger charge is 2.38. The standard InChI is InChI=1S/C20H16Cl2N2O3/c21-14-5-2-8-23-16(14)10-27-17-7-6-11(9-15(17)22)12-3-1-4-13-18(12)20(26)24-19(13)25/h2,5-9,12H,1,3-4,10H2,(H,24,25,26). The number of hydrogen-bond donors (Lipinski definition) is 1. The Balaban J connectivity index is 1.56. The quantitative estimate of drug-likeness (QED) is 0.778. The van der Waals surface area contributed by atoms with Gasteiger partial charge in [-0.05, 0) is 49.1 Å². The lowest BCUT2D eigenvalue weighted by Crippen LogP contribution is -2.23. The number of nitrogens with one attached hydrogen (secondary N) is 1. The van der Waals surface area contributed by atoms with Crippen molar-refractivity contribution < 1.29 is 14.3 Å². The van der Waals surface area contributed by atoms with E-state index in [9.17, 15) is 9.59 Å².